The molecule has 1 saturated heterocycles. The van der Waals surface area contributed by atoms with Crippen LogP contribution in [-0.2, 0) is 0 Å². The molecule has 2 aromatic carbocycles. The molecule has 0 radical (unpaired) electrons. The van der Waals surface area contributed by atoms with Crippen molar-refractivity contribution in [3.8, 4) is 0 Å². The van der Waals surface area contributed by atoms with E-state index in [4.69, 9.17) is 16.5 Å². The molecule has 0 spiro atoms. The Bertz CT molecular complexity index is 1040. The summed E-state index contributed by atoms with van der Waals surface area (Å²) in [4.78, 5) is 4.66. The fraction of sp³-hybridized carbons (Fsp3) is 0.375. The van der Waals surface area contributed by atoms with Crippen molar-refractivity contribution >= 4 is 28.5 Å². The first-order valence-electron chi connectivity index (χ1n) is 11.0. The number of nitrogens with two attached hydrogens (primary N) is 2. The second kappa shape index (κ2) is 8.90. The van der Waals surface area contributed by atoms with Crippen molar-refractivity contribution in [1.82, 2.24) is 4.90 Å². The third kappa shape index (κ3) is 4.21. The minimum atomic E-state index is -0.983. The van der Waals surface area contributed by atoms with E-state index in [0.29, 0.717) is 5.82 Å². The van der Waals surface area contributed by atoms with Crippen molar-refractivity contribution in [2.45, 2.75) is 20.0 Å². The number of quaternary nitrogens is 1. The standard InChI is InChI=1S/C24H30FN6O/c1-14(2)23(32)21(22(27)20-16(25)5-4-6-17(20)26)24-28-18-8-7-15(13-19(18)29-24)31-11-9-30(3)10-12-31/h4-8,13-14,23,27,29,32H,9-12,26H2,1-3H3/q-1/p+1. The summed E-state index contributed by atoms with van der Waals surface area (Å²) in [5.74, 6) is -0.291. The summed E-state index contributed by atoms with van der Waals surface area (Å²) in [6, 6.07) is 10.5. The molecule has 6 N–H and O–H groups in total. The molecule has 170 valence electrons. The highest BCUT2D eigenvalue weighted by Crippen LogP contribution is 2.39. The third-order valence-corrected chi connectivity index (χ3v) is 6.18. The van der Waals surface area contributed by atoms with Gasteiger partial charge in [-0.05, 0) is 31.2 Å². The molecule has 1 fully saturated rings. The molecule has 0 saturated carbocycles. The molecule has 7 nitrogen and oxygen atoms in total. The van der Waals surface area contributed by atoms with Gasteiger partial charge in [-0.3, -0.25) is 5.41 Å². The number of nitrogens with one attached hydrogen (secondary N) is 1. The van der Waals surface area contributed by atoms with Crippen LogP contribution in [0.4, 0.5) is 27.1 Å². The Labute approximate surface area is 188 Å². The smallest absolute Gasteiger partial charge is 0.134 e. The first-order chi connectivity index (χ1) is 15.3. The minimum absolute atomic E-state index is 0.00705. The molecule has 1 atom stereocenters. The third-order valence-electron chi connectivity index (χ3n) is 6.18. The molecule has 1 unspecified atom stereocenters. The van der Waals surface area contributed by atoms with E-state index in [-0.39, 0.29) is 28.5 Å². The summed E-state index contributed by atoms with van der Waals surface area (Å²) >= 11 is 0. The van der Waals surface area contributed by atoms with E-state index < -0.39 is 11.9 Å². The number of piperazine rings is 1. The van der Waals surface area contributed by atoms with Crippen molar-refractivity contribution in [3.05, 3.63) is 64.5 Å². The van der Waals surface area contributed by atoms with E-state index in [0.717, 1.165) is 43.2 Å². The molecule has 2 aromatic rings. The highest BCUT2D eigenvalue weighted by molar-refractivity contribution is 6.15. The Hall–Kier alpha value is -2.94. The normalized spacial score (nSPS) is 19.0. The zero-order valence-corrected chi connectivity index (χ0v) is 18.8. The number of nitrogens with zero attached hydrogens (tertiary/aromatic N) is 3. The Balaban J connectivity index is 1.69. The van der Waals surface area contributed by atoms with Gasteiger partial charge in [-0.15, -0.1) is 0 Å². The predicted octanol–water partition coefficient (Wildman–Crippen LogP) is 2.67. The second-order valence-corrected chi connectivity index (χ2v) is 8.86. The van der Waals surface area contributed by atoms with Gasteiger partial charge < -0.3 is 31.3 Å². The maximum absolute atomic E-state index is 14.6. The molecule has 0 aliphatic carbocycles. The maximum Gasteiger partial charge on any atom is 0.134 e. The van der Waals surface area contributed by atoms with Gasteiger partial charge in [-0.2, -0.15) is 0 Å². The molecule has 0 bridgehead atoms. The summed E-state index contributed by atoms with van der Waals surface area (Å²) in [5, 5.41) is 26.3. The van der Waals surface area contributed by atoms with Gasteiger partial charge in [0.25, 0.3) is 0 Å². The molecule has 2 aliphatic rings. The average molecular weight is 439 g/mol. The highest BCUT2D eigenvalue weighted by Gasteiger charge is 2.28. The van der Waals surface area contributed by atoms with Crippen molar-refractivity contribution in [2.75, 3.05) is 43.9 Å². The monoisotopic (exact) mass is 438 g/mol. The Morgan fingerprint density at radius 1 is 1.19 bits per heavy atom. The Morgan fingerprint density at radius 3 is 2.56 bits per heavy atom. The molecule has 4 rings (SSSR count). The van der Waals surface area contributed by atoms with Gasteiger partial charge in [-0.25, -0.2) is 4.39 Å². The van der Waals surface area contributed by atoms with Crippen LogP contribution in [0.1, 0.15) is 19.4 Å². The summed E-state index contributed by atoms with van der Waals surface area (Å²) in [7, 11) is 2.13. The van der Waals surface area contributed by atoms with Gasteiger partial charge in [-0.1, -0.05) is 31.7 Å². The van der Waals surface area contributed by atoms with Crippen LogP contribution in [0.3, 0.4) is 0 Å². The largest absolute Gasteiger partial charge is 0.605 e. The van der Waals surface area contributed by atoms with E-state index in [2.05, 4.69) is 29.0 Å². The van der Waals surface area contributed by atoms with E-state index in [1.54, 1.807) is 6.07 Å². The number of benzene rings is 2. The topological polar surface area (TPSA) is 107 Å². The van der Waals surface area contributed by atoms with Crippen molar-refractivity contribution in [2.24, 2.45) is 5.92 Å². The molecular formula is C24H31FN6O. The van der Waals surface area contributed by atoms with Crippen molar-refractivity contribution in [3.63, 3.8) is 0 Å². The maximum atomic E-state index is 14.6. The molecule has 32 heavy (non-hydrogen) atoms. The summed E-state index contributed by atoms with van der Waals surface area (Å²) in [6.45, 7) is 7.67. The van der Waals surface area contributed by atoms with Crippen LogP contribution in [0.15, 0.2) is 47.8 Å². The van der Waals surface area contributed by atoms with E-state index in [1.807, 2.05) is 25.2 Å². The number of likely N-dealkylation sites (N-methyl/N-ethyl adjacent to an activating group) is 1. The Kier molecular flexibility index (Phi) is 6.19. The van der Waals surface area contributed by atoms with Crippen molar-refractivity contribution < 1.29 is 14.8 Å². The van der Waals surface area contributed by atoms with E-state index in [9.17, 15) is 9.50 Å². The van der Waals surface area contributed by atoms with Gasteiger partial charge in [0.05, 0.1) is 17.4 Å². The van der Waals surface area contributed by atoms with Crippen molar-refractivity contribution in [1.29, 1.82) is 5.41 Å². The van der Waals surface area contributed by atoms with Gasteiger partial charge in [0, 0.05) is 55.0 Å². The number of hydrogen-bond donors (Lipinski definition) is 4. The number of anilines is 2. The molecular weight excluding hydrogens is 407 g/mol. The molecule has 0 aromatic heterocycles. The number of hydrogen-bond acceptors (Lipinski definition) is 5. The van der Waals surface area contributed by atoms with E-state index >= 15 is 0 Å². The van der Waals surface area contributed by atoms with Gasteiger partial charge in [0.2, 0.25) is 0 Å². The van der Waals surface area contributed by atoms with Crippen LogP contribution >= 0.6 is 0 Å². The lowest BCUT2D eigenvalue weighted by atomic mass is 9.90. The molecule has 8 heteroatoms. The first kappa shape index (κ1) is 22.3. The summed E-state index contributed by atoms with van der Waals surface area (Å²) in [5.41, 5.74) is 9.14. The number of nitrogen functional groups attached to an aromatic ring is 1. The SMILES string of the molecule is CC(C)C(O)C(C(=N)c1c(N)cccc1F)=C1[N-]c2ccc(N3CCN(C)CC3)cc2[NH2+]1. The number of fused-ring (bicyclic) bond motifs is 1. The van der Waals surface area contributed by atoms with Gasteiger partial charge in [0.1, 0.15) is 11.5 Å². The molecule has 2 heterocycles. The average Bonchev–Trinajstić information content (AvgIpc) is 3.16. The van der Waals surface area contributed by atoms with Crippen LogP contribution in [0.2, 0.25) is 0 Å². The number of aliphatic hydroxyl groups excluding tert-OH is 1. The first-order valence-corrected chi connectivity index (χ1v) is 11.0. The number of aliphatic hydroxyl groups is 1. The lowest BCUT2D eigenvalue weighted by molar-refractivity contribution is -0.507. The van der Waals surface area contributed by atoms with Crippen LogP contribution < -0.4 is 16.0 Å². The lowest BCUT2D eigenvalue weighted by Crippen LogP contribution is -2.74. The lowest BCUT2D eigenvalue weighted by Gasteiger charge is -2.34. The van der Waals surface area contributed by atoms with Crippen LogP contribution in [0.25, 0.3) is 5.32 Å². The number of rotatable bonds is 5. The van der Waals surface area contributed by atoms with Crippen LogP contribution in [0.5, 0.6) is 0 Å². The van der Waals surface area contributed by atoms with Crippen LogP contribution in [0, 0.1) is 17.1 Å². The highest BCUT2D eigenvalue weighted by atomic mass is 19.1. The Morgan fingerprint density at radius 2 is 1.91 bits per heavy atom. The fourth-order valence-electron chi connectivity index (χ4n) is 4.17. The molecule has 0 amide bonds. The molecule has 2 aliphatic heterocycles. The summed E-state index contributed by atoms with van der Waals surface area (Å²) in [6.07, 6.45) is -0.983. The predicted molar refractivity (Wildman–Crippen MR) is 126 cm³/mol. The number of halogens is 1. The quantitative estimate of drug-likeness (QED) is 0.425. The second-order valence-electron chi connectivity index (χ2n) is 8.86. The van der Waals surface area contributed by atoms with Crippen LogP contribution in [-0.4, -0.2) is 55.0 Å². The fourth-order valence-corrected chi connectivity index (χ4v) is 4.17. The zero-order chi connectivity index (χ0) is 23.0. The minimum Gasteiger partial charge on any atom is -0.605 e. The summed E-state index contributed by atoms with van der Waals surface area (Å²) < 4.78 is 14.6. The van der Waals surface area contributed by atoms with Gasteiger partial charge in [0.15, 0.2) is 0 Å². The van der Waals surface area contributed by atoms with E-state index in [1.165, 1.54) is 12.1 Å². The van der Waals surface area contributed by atoms with Gasteiger partial charge >= 0.3 is 0 Å². The zero-order valence-electron chi connectivity index (χ0n) is 18.8.